The van der Waals surface area contributed by atoms with Crippen LogP contribution in [0.1, 0.15) is 46.1 Å². The lowest BCUT2D eigenvalue weighted by Crippen LogP contribution is -2.33. The Hall–Kier alpha value is -1.85. The van der Waals surface area contributed by atoms with Crippen molar-refractivity contribution in [2.45, 2.75) is 53.0 Å². The molecule has 0 bridgehead atoms. The molecule has 1 amide bonds. The number of aromatic nitrogens is 2. The summed E-state index contributed by atoms with van der Waals surface area (Å²) in [6.45, 7) is 9.56. The molecule has 6 heteroatoms. The molecule has 1 aromatic heterocycles. The summed E-state index contributed by atoms with van der Waals surface area (Å²) < 4.78 is 0. The minimum absolute atomic E-state index is 0.0656. The molecule has 0 saturated heterocycles. The number of nitrogens with zero attached hydrogens (tertiary/aromatic N) is 2. The Bertz CT molecular complexity index is 450. The van der Waals surface area contributed by atoms with Crippen LogP contribution in [0.25, 0.3) is 0 Å². The predicted molar refractivity (Wildman–Crippen MR) is 86.6 cm³/mol. The zero-order valence-corrected chi connectivity index (χ0v) is 13.5. The maximum absolute atomic E-state index is 11.7. The fraction of sp³-hybridized carbons (Fsp3) is 0.667. The van der Waals surface area contributed by atoms with E-state index in [9.17, 15) is 4.79 Å². The van der Waals surface area contributed by atoms with Gasteiger partial charge in [-0.05, 0) is 26.7 Å². The maximum atomic E-state index is 11.7. The number of amides is 1. The molecule has 1 rings (SSSR count). The lowest BCUT2D eigenvalue weighted by molar-refractivity contribution is -0.121. The Kier molecular flexibility index (Phi) is 7.50. The van der Waals surface area contributed by atoms with Crippen LogP contribution in [0.15, 0.2) is 6.33 Å². The molecule has 0 radical (unpaired) electrons. The highest BCUT2D eigenvalue weighted by Gasteiger charge is 2.10. The number of rotatable bonds is 9. The lowest BCUT2D eigenvalue weighted by Gasteiger charge is -2.14. The quantitative estimate of drug-likeness (QED) is 0.650. The van der Waals surface area contributed by atoms with Gasteiger partial charge in [0.05, 0.1) is 0 Å². The van der Waals surface area contributed by atoms with E-state index in [-0.39, 0.29) is 11.9 Å². The second-order valence-corrected chi connectivity index (χ2v) is 4.99. The molecule has 0 fully saturated rings. The van der Waals surface area contributed by atoms with Gasteiger partial charge >= 0.3 is 0 Å². The smallest absolute Gasteiger partial charge is 0.221 e. The molecular weight excluding hydrogens is 266 g/mol. The summed E-state index contributed by atoms with van der Waals surface area (Å²) in [6, 6.07) is 0.225. The highest BCUT2D eigenvalue weighted by atomic mass is 16.1. The van der Waals surface area contributed by atoms with Gasteiger partial charge in [0.1, 0.15) is 18.0 Å². The van der Waals surface area contributed by atoms with Crippen molar-refractivity contribution in [3.63, 3.8) is 0 Å². The summed E-state index contributed by atoms with van der Waals surface area (Å²) >= 11 is 0. The third-order valence-electron chi connectivity index (χ3n) is 3.31. The van der Waals surface area contributed by atoms with Gasteiger partial charge < -0.3 is 16.0 Å². The zero-order chi connectivity index (χ0) is 15.7. The number of anilines is 2. The van der Waals surface area contributed by atoms with Gasteiger partial charge in [0.15, 0.2) is 0 Å². The van der Waals surface area contributed by atoms with Gasteiger partial charge in [-0.25, -0.2) is 9.97 Å². The van der Waals surface area contributed by atoms with Crippen LogP contribution in [-0.4, -0.2) is 35.0 Å². The van der Waals surface area contributed by atoms with Gasteiger partial charge in [0, 0.05) is 31.1 Å². The van der Waals surface area contributed by atoms with Crippen LogP contribution < -0.4 is 16.0 Å². The number of carbonyl (C=O) groups excluding carboxylic acids is 1. The summed E-state index contributed by atoms with van der Waals surface area (Å²) in [6.07, 6.45) is 3.76. The van der Waals surface area contributed by atoms with E-state index in [1.807, 2.05) is 13.8 Å². The van der Waals surface area contributed by atoms with E-state index < -0.39 is 0 Å². The van der Waals surface area contributed by atoms with Crippen LogP contribution in [-0.2, 0) is 11.2 Å². The summed E-state index contributed by atoms with van der Waals surface area (Å²) in [5.74, 6) is 1.73. The number of hydrogen-bond acceptors (Lipinski definition) is 5. The van der Waals surface area contributed by atoms with Crippen molar-refractivity contribution in [2.75, 3.05) is 23.7 Å². The number of hydrogen-bond donors (Lipinski definition) is 3. The SMILES string of the molecule is CCNc1ncnc(NCCC(=O)NC(C)CC)c1CC. The molecule has 1 atom stereocenters. The van der Waals surface area contributed by atoms with Gasteiger partial charge in [-0.15, -0.1) is 0 Å². The van der Waals surface area contributed by atoms with Crippen molar-refractivity contribution in [1.29, 1.82) is 0 Å². The Morgan fingerprint density at radius 3 is 2.43 bits per heavy atom. The molecule has 1 aromatic rings. The van der Waals surface area contributed by atoms with E-state index in [0.717, 1.165) is 36.6 Å². The Morgan fingerprint density at radius 2 is 1.86 bits per heavy atom. The van der Waals surface area contributed by atoms with E-state index in [1.165, 1.54) is 0 Å². The molecule has 21 heavy (non-hydrogen) atoms. The summed E-state index contributed by atoms with van der Waals surface area (Å²) in [5.41, 5.74) is 1.06. The average Bonchev–Trinajstić information content (AvgIpc) is 2.47. The van der Waals surface area contributed by atoms with Crippen molar-refractivity contribution >= 4 is 17.5 Å². The number of nitrogens with one attached hydrogen (secondary N) is 3. The molecule has 1 unspecified atom stereocenters. The van der Waals surface area contributed by atoms with E-state index in [4.69, 9.17) is 0 Å². The Labute approximate surface area is 127 Å². The first-order valence-corrected chi connectivity index (χ1v) is 7.73. The molecule has 6 nitrogen and oxygen atoms in total. The van der Waals surface area contributed by atoms with E-state index >= 15 is 0 Å². The molecule has 0 saturated carbocycles. The van der Waals surface area contributed by atoms with Crippen molar-refractivity contribution in [1.82, 2.24) is 15.3 Å². The zero-order valence-electron chi connectivity index (χ0n) is 13.5. The standard InChI is InChI=1S/C15H27N5O/c1-5-11(4)20-13(21)8-9-17-15-12(6-2)14(16-7-3)18-10-19-15/h10-11H,5-9H2,1-4H3,(H,20,21)(H2,16,17,18,19). The highest BCUT2D eigenvalue weighted by molar-refractivity contribution is 5.76. The van der Waals surface area contributed by atoms with Crippen LogP contribution in [0.4, 0.5) is 11.6 Å². The monoisotopic (exact) mass is 293 g/mol. The first-order chi connectivity index (χ1) is 10.1. The van der Waals surface area contributed by atoms with Crippen LogP contribution >= 0.6 is 0 Å². The molecule has 118 valence electrons. The van der Waals surface area contributed by atoms with Crippen molar-refractivity contribution in [2.24, 2.45) is 0 Å². The third kappa shape index (κ3) is 5.57. The first-order valence-electron chi connectivity index (χ1n) is 7.73. The van der Waals surface area contributed by atoms with Gasteiger partial charge in [0.2, 0.25) is 5.91 Å². The van der Waals surface area contributed by atoms with Crippen LogP contribution in [0.2, 0.25) is 0 Å². The molecule has 0 aliphatic carbocycles. The van der Waals surface area contributed by atoms with Crippen molar-refractivity contribution in [3.8, 4) is 0 Å². The second-order valence-electron chi connectivity index (χ2n) is 4.99. The van der Waals surface area contributed by atoms with Crippen molar-refractivity contribution in [3.05, 3.63) is 11.9 Å². The van der Waals surface area contributed by atoms with E-state index in [2.05, 4.69) is 39.8 Å². The second kappa shape index (κ2) is 9.15. The van der Waals surface area contributed by atoms with Gasteiger partial charge in [-0.3, -0.25) is 4.79 Å². The molecular formula is C15H27N5O. The fourth-order valence-corrected chi connectivity index (χ4v) is 1.96. The topological polar surface area (TPSA) is 78.9 Å². The minimum atomic E-state index is 0.0656. The first kappa shape index (κ1) is 17.2. The molecule has 0 aromatic carbocycles. The van der Waals surface area contributed by atoms with E-state index in [1.54, 1.807) is 6.33 Å². The largest absolute Gasteiger partial charge is 0.370 e. The maximum Gasteiger partial charge on any atom is 0.221 e. The van der Waals surface area contributed by atoms with Crippen LogP contribution in [0.5, 0.6) is 0 Å². The Balaban J connectivity index is 2.55. The third-order valence-corrected chi connectivity index (χ3v) is 3.31. The summed E-state index contributed by atoms with van der Waals surface area (Å²) in [7, 11) is 0. The molecule has 0 aliphatic heterocycles. The number of carbonyl (C=O) groups is 1. The van der Waals surface area contributed by atoms with Gasteiger partial charge in [-0.2, -0.15) is 0 Å². The molecule has 0 spiro atoms. The minimum Gasteiger partial charge on any atom is -0.370 e. The molecule has 3 N–H and O–H groups in total. The predicted octanol–water partition coefficient (Wildman–Crippen LogP) is 2.19. The van der Waals surface area contributed by atoms with Gasteiger partial charge in [0.25, 0.3) is 0 Å². The lowest BCUT2D eigenvalue weighted by atomic mass is 10.2. The van der Waals surface area contributed by atoms with Crippen LogP contribution in [0.3, 0.4) is 0 Å². The average molecular weight is 293 g/mol. The fourth-order valence-electron chi connectivity index (χ4n) is 1.96. The highest BCUT2D eigenvalue weighted by Crippen LogP contribution is 2.20. The molecule has 1 heterocycles. The van der Waals surface area contributed by atoms with Crippen molar-refractivity contribution < 1.29 is 4.79 Å². The summed E-state index contributed by atoms with van der Waals surface area (Å²) in [4.78, 5) is 20.3. The van der Waals surface area contributed by atoms with Crippen LogP contribution in [0, 0.1) is 0 Å². The summed E-state index contributed by atoms with van der Waals surface area (Å²) in [5, 5.41) is 9.42. The molecule has 0 aliphatic rings. The Morgan fingerprint density at radius 1 is 1.19 bits per heavy atom. The van der Waals surface area contributed by atoms with E-state index in [0.29, 0.717) is 13.0 Å². The van der Waals surface area contributed by atoms with Gasteiger partial charge in [-0.1, -0.05) is 13.8 Å². The normalized spacial score (nSPS) is 11.8.